The number of hydrogen-bond acceptors (Lipinski definition) is 1. The molecule has 0 aromatic heterocycles. The maximum Gasteiger partial charge on any atom is 0.0208 e. The summed E-state index contributed by atoms with van der Waals surface area (Å²) in [6, 6.07) is 9.30. The number of nitrogens with one attached hydrogen (secondary N) is 1. The van der Waals surface area contributed by atoms with Gasteiger partial charge in [0.25, 0.3) is 0 Å². The lowest BCUT2D eigenvalue weighted by atomic mass is 9.78. The van der Waals surface area contributed by atoms with Crippen LogP contribution in [0.2, 0.25) is 0 Å². The molecule has 0 bridgehead atoms. The van der Waals surface area contributed by atoms with Crippen molar-refractivity contribution in [1.82, 2.24) is 5.32 Å². The monoisotopic (exact) mass is 295 g/mol. The summed E-state index contributed by atoms with van der Waals surface area (Å²) < 4.78 is 1.15. The molecule has 1 fully saturated rings. The molecular weight excluding hydrogens is 274 g/mol. The molecule has 17 heavy (non-hydrogen) atoms. The van der Waals surface area contributed by atoms with Gasteiger partial charge in [-0.1, -0.05) is 54.8 Å². The van der Waals surface area contributed by atoms with E-state index in [0.29, 0.717) is 6.04 Å². The van der Waals surface area contributed by atoms with Crippen molar-refractivity contribution < 1.29 is 0 Å². The van der Waals surface area contributed by atoms with E-state index in [-0.39, 0.29) is 0 Å². The summed E-state index contributed by atoms with van der Waals surface area (Å²) >= 11 is 3.47. The van der Waals surface area contributed by atoms with E-state index in [9.17, 15) is 0 Å². The second-order valence-electron chi connectivity index (χ2n) is 5.38. The summed E-state index contributed by atoms with van der Waals surface area (Å²) in [4.78, 5) is 0. The molecule has 1 aromatic rings. The van der Waals surface area contributed by atoms with Crippen molar-refractivity contribution in [1.29, 1.82) is 0 Å². The van der Waals surface area contributed by atoms with Crippen molar-refractivity contribution in [3.8, 4) is 0 Å². The standard InChI is InChI=1S/C15H22BrN/c1-11-4-3-5-15(12(11)2)17-10-13-6-8-14(16)9-7-13/h6-9,11-12,15,17H,3-5,10H2,1-2H3. The number of benzene rings is 1. The van der Waals surface area contributed by atoms with Crippen LogP contribution in [0.15, 0.2) is 28.7 Å². The molecule has 1 aliphatic carbocycles. The first-order chi connectivity index (χ1) is 8.16. The normalized spacial score (nSPS) is 29.2. The Bertz CT molecular complexity index is 346. The molecule has 0 amide bonds. The molecule has 1 N–H and O–H groups in total. The molecule has 0 spiro atoms. The largest absolute Gasteiger partial charge is 0.310 e. The van der Waals surface area contributed by atoms with Gasteiger partial charge in [-0.3, -0.25) is 0 Å². The topological polar surface area (TPSA) is 12.0 Å². The van der Waals surface area contributed by atoms with E-state index >= 15 is 0 Å². The third kappa shape index (κ3) is 3.56. The van der Waals surface area contributed by atoms with Crippen molar-refractivity contribution in [2.45, 2.75) is 45.7 Å². The van der Waals surface area contributed by atoms with Crippen LogP contribution in [-0.2, 0) is 6.54 Å². The Morgan fingerprint density at radius 3 is 2.59 bits per heavy atom. The van der Waals surface area contributed by atoms with Gasteiger partial charge in [0.05, 0.1) is 0 Å². The van der Waals surface area contributed by atoms with E-state index in [0.717, 1.165) is 22.9 Å². The molecule has 94 valence electrons. The van der Waals surface area contributed by atoms with E-state index < -0.39 is 0 Å². The van der Waals surface area contributed by atoms with E-state index in [4.69, 9.17) is 0 Å². The third-order valence-corrected chi connectivity index (χ3v) is 4.72. The average Bonchev–Trinajstić information content (AvgIpc) is 2.33. The summed E-state index contributed by atoms with van der Waals surface area (Å²) in [5.74, 6) is 1.67. The molecule has 3 atom stereocenters. The number of halogens is 1. The predicted molar refractivity (Wildman–Crippen MR) is 76.9 cm³/mol. The highest BCUT2D eigenvalue weighted by atomic mass is 79.9. The molecule has 1 aliphatic rings. The fraction of sp³-hybridized carbons (Fsp3) is 0.600. The lowest BCUT2D eigenvalue weighted by Gasteiger charge is -2.34. The Kier molecular flexibility index (Phi) is 4.63. The Morgan fingerprint density at radius 1 is 1.18 bits per heavy atom. The van der Waals surface area contributed by atoms with Crippen LogP contribution >= 0.6 is 15.9 Å². The van der Waals surface area contributed by atoms with Crippen molar-refractivity contribution in [3.05, 3.63) is 34.3 Å². The predicted octanol–water partition coefficient (Wildman–Crippen LogP) is 4.36. The van der Waals surface area contributed by atoms with Crippen molar-refractivity contribution >= 4 is 15.9 Å². The van der Waals surface area contributed by atoms with E-state index in [1.807, 2.05) is 0 Å². The van der Waals surface area contributed by atoms with Gasteiger partial charge in [-0.2, -0.15) is 0 Å². The van der Waals surface area contributed by atoms with Crippen LogP contribution in [-0.4, -0.2) is 6.04 Å². The highest BCUT2D eigenvalue weighted by Gasteiger charge is 2.26. The van der Waals surface area contributed by atoms with Crippen LogP contribution in [0.3, 0.4) is 0 Å². The van der Waals surface area contributed by atoms with Crippen LogP contribution in [0.25, 0.3) is 0 Å². The summed E-state index contributed by atoms with van der Waals surface area (Å²) in [6.45, 7) is 5.77. The Hall–Kier alpha value is -0.340. The van der Waals surface area contributed by atoms with Crippen LogP contribution in [0.5, 0.6) is 0 Å². The molecule has 1 nitrogen and oxygen atoms in total. The minimum absolute atomic E-state index is 0.697. The second kappa shape index (κ2) is 6.01. The van der Waals surface area contributed by atoms with Gasteiger partial charge >= 0.3 is 0 Å². The molecule has 0 radical (unpaired) electrons. The zero-order valence-corrected chi connectivity index (χ0v) is 12.3. The molecule has 2 rings (SSSR count). The molecule has 0 saturated heterocycles. The van der Waals surface area contributed by atoms with Gasteiger partial charge in [-0.05, 0) is 36.0 Å². The zero-order chi connectivity index (χ0) is 12.3. The third-order valence-electron chi connectivity index (χ3n) is 4.19. The van der Waals surface area contributed by atoms with Gasteiger partial charge in [0.15, 0.2) is 0 Å². The molecule has 2 heteroatoms. The maximum absolute atomic E-state index is 3.72. The Balaban J connectivity index is 1.87. The van der Waals surface area contributed by atoms with Gasteiger partial charge in [0, 0.05) is 17.1 Å². The Morgan fingerprint density at radius 2 is 1.88 bits per heavy atom. The van der Waals surface area contributed by atoms with Crippen LogP contribution in [0.1, 0.15) is 38.7 Å². The van der Waals surface area contributed by atoms with Gasteiger partial charge in [0.1, 0.15) is 0 Å². The number of rotatable bonds is 3. The van der Waals surface area contributed by atoms with Crippen molar-refractivity contribution in [3.63, 3.8) is 0 Å². The summed E-state index contributed by atoms with van der Waals surface area (Å²) in [5.41, 5.74) is 1.37. The maximum atomic E-state index is 3.72. The minimum Gasteiger partial charge on any atom is -0.310 e. The van der Waals surface area contributed by atoms with Gasteiger partial charge < -0.3 is 5.32 Å². The van der Waals surface area contributed by atoms with Gasteiger partial charge in [-0.15, -0.1) is 0 Å². The van der Waals surface area contributed by atoms with E-state index in [2.05, 4.69) is 59.4 Å². The van der Waals surface area contributed by atoms with Crippen molar-refractivity contribution in [2.24, 2.45) is 11.8 Å². The highest BCUT2D eigenvalue weighted by Crippen LogP contribution is 2.29. The average molecular weight is 296 g/mol. The minimum atomic E-state index is 0.697. The van der Waals surface area contributed by atoms with Crippen molar-refractivity contribution in [2.75, 3.05) is 0 Å². The van der Waals surface area contributed by atoms with E-state index in [1.165, 1.54) is 24.8 Å². The van der Waals surface area contributed by atoms with Gasteiger partial charge in [-0.25, -0.2) is 0 Å². The fourth-order valence-corrected chi connectivity index (χ4v) is 2.99. The molecule has 3 unspecified atom stereocenters. The number of hydrogen-bond donors (Lipinski definition) is 1. The van der Waals surface area contributed by atoms with Gasteiger partial charge in [0.2, 0.25) is 0 Å². The molecular formula is C15H22BrN. The summed E-state index contributed by atoms with van der Waals surface area (Å²) in [6.07, 6.45) is 4.11. The SMILES string of the molecule is CC1CCCC(NCc2ccc(Br)cc2)C1C. The highest BCUT2D eigenvalue weighted by molar-refractivity contribution is 9.10. The molecule has 1 saturated carbocycles. The lowest BCUT2D eigenvalue weighted by molar-refractivity contribution is 0.206. The fourth-order valence-electron chi connectivity index (χ4n) is 2.72. The molecule has 0 heterocycles. The van der Waals surface area contributed by atoms with Crippen LogP contribution < -0.4 is 5.32 Å². The first kappa shape index (κ1) is 13.1. The summed E-state index contributed by atoms with van der Waals surface area (Å²) in [7, 11) is 0. The quantitative estimate of drug-likeness (QED) is 0.873. The Labute approximate surface area is 113 Å². The van der Waals surface area contributed by atoms with Crippen LogP contribution in [0.4, 0.5) is 0 Å². The molecule has 1 aromatic carbocycles. The smallest absolute Gasteiger partial charge is 0.0208 e. The summed E-state index contributed by atoms with van der Waals surface area (Å²) in [5, 5.41) is 3.72. The zero-order valence-electron chi connectivity index (χ0n) is 10.7. The van der Waals surface area contributed by atoms with E-state index in [1.54, 1.807) is 0 Å². The second-order valence-corrected chi connectivity index (χ2v) is 6.30. The first-order valence-corrected chi connectivity index (χ1v) is 7.44. The molecule has 0 aliphatic heterocycles. The van der Waals surface area contributed by atoms with Crippen LogP contribution in [0, 0.1) is 11.8 Å². The first-order valence-electron chi connectivity index (χ1n) is 6.64. The lowest BCUT2D eigenvalue weighted by Crippen LogP contribution is -2.40.